The zero-order valence-corrected chi connectivity index (χ0v) is 10.3. The smallest absolute Gasteiger partial charge is 0.336 e. The van der Waals surface area contributed by atoms with Crippen LogP contribution in [0.4, 0.5) is 5.69 Å². The van der Waals surface area contributed by atoms with Crippen LogP contribution in [-0.2, 0) is 6.42 Å². The van der Waals surface area contributed by atoms with Crippen LogP contribution < -0.4 is 5.73 Å². The Hall–Kier alpha value is -2.33. The summed E-state index contributed by atoms with van der Waals surface area (Å²) in [5.74, 6) is -1.04. The molecule has 98 valence electrons. The average Bonchev–Trinajstić information content (AvgIpc) is 2.41. The number of anilines is 1. The number of nitrogen functional groups attached to an aromatic ring is 1. The molecule has 4 N–H and O–H groups in total. The number of aliphatic hydroxyl groups excluding tert-OH is 1. The third kappa shape index (κ3) is 3.11. The van der Waals surface area contributed by atoms with Crippen molar-refractivity contribution in [1.29, 1.82) is 0 Å². The number of aliphatic hydroxyl groups is 1. The minimum absolute atomic E-state index is 0.130. The monoisotopic (exact) mass is 257 g/mol. The molecule has 1 atom stereocenters. The normalized spacial score (nSPS) is 12.1. The Kier molecular flexibility index (Phi) is 3.82. The predicted octanol–water partition coefficient (Wildman–Crippen LogP) is 2.24. The number of hydrogen-bond acceptors (Lipinski definition) is 3. The van der Waals surface area contributed by atoms with E-state index in [0.717, 1.165) is 5.56 Å². The Labute approximate surface area is 111 Å². The van der Waals surface area contributed by atoms with Crippen molar-refractivity contribution < 1.29 is 15.0 Å². The highest BCUT2D eigenvalue weighted by molar-refractivity contribution is 5.89. The fraction of sp³-hybridized carbons (Fsp3) is 0.133. The summed E-state index contributed by atoms with van der Waals surface area (Å²) in [5.41, 5.74) is 7.71. The van der Waals surface area contributed by atoms with Crippen molar-refractivity contribution in [1.82, 2.24) is 0 Å². The van der Waals surface area contributed by atoms with Crippen molar-refractivity contribution in [2.24, 2.45) is 0 Å². The standard InChI is InChI=1S/C15H15NO3/c16-11-7-5-10(6-8-11)9-14(17)12-3-1-2-4-13(12)15(18)19/h1-8,14,17H,9,16H2,(H,18,19). The van der Waals surface area contributed by atoms with Crippen LogP contribution in [0.2, 0.25) is 0 Å². The van der Waals surface area contributed by atoms with Gasteiger partial charge in [0.1, 0.15) is 0 Å². The summed E-state index contributed by atoms with van der Waals surface area (Å²) in [5, 5.41) is 19.3. The second-order valence-corrected chi connectivity index (χ2v) is 4.35. The van der Waals surface area contributed by atoms with Crippen LogP contribution in [0.15, 0.2) is 48.5 Å². The first-order chi connectivity index (χ1) is 9.08. The highest BCUT2D eigenvalue weighted by Crippen LogP contribution is 2.22. The van der Waals surface area contributed by atoms with Gasteiger partial charge in [0.25, 0.3) is 0 Å². The molecular formula is C15H15NO3. The maximum atomic E-state index is 11.1. The number of carboxylic acid groups (broad SMARTS) is 1. The van der Waals surface area contributed by atoms with E-state index in [1.165, 1.54) is 6.07 Å². The van der Waals surface area contributed by atoms with Crippen molar-refractivity contribution in [3.8, 4) is 0 Å². The van der Waals surface area contributed by atoms with Gasteiger partial charge in [-0.1, -0.05) is 30.3 Å². The summed E-state index contributed by atoms with van der Waals surface area (Å²) in [4.78, 5) is 11.1. The van der Waals surface area contributed by atoms with Crippen LogP contribution in [0.3, 0.4) is 0 Å². The molecule has 0 aliphatic carbocycles. The number of carboxylic acids is 1. The summed E-state index contributed by atoms with van der Waals surface area (Å²) in [6, 6.07) is 13.6. The zero-order chi connectivity index (χ0) is 13.8. The maximum Gasteiger partial charge on any atom is 0.336 e. The van der Waals surface area contributed by atoms with Gasteiger partial charge in [-0.05, 0) is 29.3 Å². The van der Waals surface area contributed by atoms with Gasteiger partial charge in [-0.15, -0.1) is 0 Å². The molecule has 4 nitrogen and oxygen atoms in total. The molecule has 0 bridgehead atoms. The summed E-state index contributed by atoms with van der Waals surface area (Å²) in [6.45, 7) is 0. The minimum atomic E-state index is -1.04. The molecule has 2 aromatic rings. The van der Waals surface area contributed by atoms with Gasteiger partial charge < -0.3 is 15.9 Å². The van der Waals surface area contributed by atoms with Crippen LogP contribution in [0.5, 0.6) is 0 Å². The van der Waals surface area contributed by atoms with Gasteiger partial charge in [0.05, 0.1) is 11.7 Å². The van der Waals surface area contributed by atoms with E-state index in [2.05, 4.69) is 0 Å². The number of rotatable bonds is 4. The molecule has 0 aliphatic rings. The van der Waals surface area contributed by atoms with Gasteiger partial charge in [0, 0.05) is 12.1 Å². The first kappa shape index (κ1) is 13.1. The Bertz CT molecular complexity index is 578. The molecule has 0 spiro atoms. The van der Waals surface area contributed by atoms with E-state index < -0.39 is 12.1 Å². The molecule has 2 rings (SSSR count). The van der Waals surface area contributed by atoms with E-state index in [-0.39, 0.29) is 5.56 Å². The van der Waals surface area contributed by atoms with Crippen LogP contribution in [0, 0.1) is 0 Å². The van der Waals surface area contributed by atoms with Crippen LogP contribution in [0.1, 0.15) is 27.6 Å². The van der Waals surface area contributed by atoms with E-state index in [1.54, 1.807) is 30.3 Å². The first-order valence-corrected chi connectivity index (χ1v) is 5.92. The molecular weight excluding hydrogens is 242 g/mol. The van der Waals surface area contributed by atoms with Crippen molar-refractivity contribution in [2.45, 2.75) is 12.5 Å². The number of nitrogens with two attached hydrogens (primary N) is 1. The third-order valence-electron chi connectivity index (χ3n) is 2.96. The summed E-state index contributed by atoms with van der Waals surface area (Å²) in [6.07, 6.45) is -0.499. The van der Waals surface area contributed by atoms with Crippen LogP contribution in [0.25, 0.3) is 0 Å². The highest BCUT2D eigenvalue weighted by atomic mass is 16.4. The van der Waals surface area contributed by atoms with Crippen LogP contribution >= 0.6 is 0 Å². The molecule has 0 heterocycles. The molecule has 0 saturated carbocycles. The molecule has 19 heavy (non-hydrogen) atoms. The molecule has 0 radical (unpaired) electrons. The molecule has 1 unspecified atom stereocenters. The Morgan fingerprint density at radius 3 is 2.37 bits per heavy atom. The van der Waals surface area contributed by atoms with Gasteiger partial charge in [-0.3, -0.25) is 0 Å². The van der Waals surface area contributed by atoms with Crippen molar-refractivity contribution in [2.75, 3.05) is 5.73 Å². The molecule has 0 amide bonds. The Morgan fingerprint density at radius 2 is 1.74 bits per heavy atom. The van der Waals surface area contributed by atoms with Crippen molar-refractivity contribution in [3.63, 3.8) is 0 Å². The summed E-state index contributed by atoms with van der Waals surface area (Å²) >= 11 is 0. The SMILES string of the molecule is Nc1ccc(CC(O)c2ccccc2C(=O)O)cc1. The van der Waals surface area contributed by atoms with Crippen molar-refractivity contribution >= 4 is 11.7 Å². The number of aromatic carboxylic acids is 1. The summed E-state index contributed by atoms with van der Waals surface area (Å²) < 4.78 is 0. The third-order valence-corrected chi connectivity index (χ3v) is 2.96. The van der Waals surface area contributed by atoms with E-state index in [1.807, 2.05) is 12.1 Å². The molecule has 4 heteroatoms. The predicted molar refractivity (Wildman–Crippen MR) is 72.9 cm³/mol. The molecule has 0 fully saturated rings. The lowest BCUT2D eigenvalue weighted by Gasteiger charge is -2.13. The lowest BCUT2D eigenvalue weighted by molar-refractivity contribution is 0.0689. The largest absolute Gasteiger partial charge is 0.478 e. The molecule has 2 aromatic carbocycles. The van der Waals surface area contributed by atoms with E-state index in [4.69, 9.17) is 10.8 Å². The Balaban J connectivity index is 2.22. The second kappa shape index (κ2) is 5.54. The quantitative estimate of drug-likeness (QED) is 0.733. The van der Waals surface area contributed by atoms with Gasteiger partial charge in [-0.2, -0.15) is 0 Å². The number of hydrogen-bond donors (Lipinski definition) is 3. The van der Waals surface area contributed by atoms with Gasteiger partial charge >= 0.3 is 5.97 Å². The highest BCUT2D eigenvalue weighted by Gasteiger charge is 2.16. The molecule has 0 aliphatic heterocycles. The fourth-order valence-corrected chi connectivity index (χ4v) is 1.97. The average molecular weight is 257 g/mol. The van der Waals surface area contributed by atoms with Gasteiger partial charge in [-0.25, -0.2) is 4.79 Å². The van der Waals surface area contributed by atoms with E-state index in [9.17, 15) is 9.90 Å². The minimum Gasteiger partial charge on any atom is -0.478 e. The van der Waals surface area contributed by atoms with Gasteiger partial charge in [0.15, 0.2) is 0 Å². The summed E-state index contributed by atoms with van der Waals surface area (Å²) in [7, 11) is 0. The van der Waals surface area contributed by atoms with Gasteiger partial charge in [0.2, 0.25) is 0 Å². The lowest BCUT2D eigenvalue weighted by atomic mass is 9.97. The van der Waals surface area contributed by atoms with E-state index >= 15 is 0 Å². The van der Waals surface area contributed by atoms with Crippen LogP contribution in [-0.4, -0.2) is 16.2 Å². The number of carbonyl (C=O) groups is 1. The molecule has 0 aromatic heterocycles. The second-order valence-electron chi connectivity index (χ2n) is 4.35. The number of benzene rings is 2. The van der Waals surface area contributed by atoms with E-state index in [0.29, 0.717) is 17.7 Å². The fourth-order valence-electron chi connectivity index (χ4n) is 1.97. The maximum absolute atomic E-state index is 11.1. The lowest BCUT2D eigenvalue weighted by Crippen LogP contribution is -2.09. The first-order valence-electron chi connectivity index (χ1n) is 5.92. The molecule has 0 saturated heterocycles. The Morgan fingerprint density at radius 1 is 1.11 bits per heavy atom. The topological polar surface area (TPSA) is 83.5 Å². The zero-order valence-electron chi connectivity index (χ0n) is 10.3. The van der Waals surface area contributed by atoms with Crippen molar-refractivity contribution in [3.05, 3.63) is 65.2 Å².